The SMILES string of the molecule is CCOC(=O)c1ccc2c(c1)C(Nc1cccnc1)c1ccccc1CO2. The molecule has 0 saturated carbocycles. The van der Waals surface area contributed by atoms with Crippen molar-refractivity contribution in [3.63, 3.8) is 0 Å². The van der Waals surface area contributed by atoms with Gasteiger partial charge < -0.3 is 14.8 Å². The van der Waals surface area contributed by atoms with Gasteiger partial charge in [0.15, 0.2) is 0 Å². The zero-order chi connectivity index (χ0) is 18.6. The number of aromatic nitrogens is 1. The number of hydrogen-bond acceptors (Lipinski definition) is 5. The lowest BCUT2D eigenvalue weighted by Crippen LogP contribution is -2.14. The van der Waals surface area contributed by atoms with Crippen molar-refractivity contribution < 1.29 is 14.3 Å². The highest BCUT2D eigenvalue weighted by Crippen LogP contribution is 2.38. The van der Waals surface area contributed by atoms with Crippen LogP contribution in [0.5, 0.6) is 5.75 Å². The van der Waals surface area contributed by atoms with E-state index in [0.29, 0.717) is 18.8 Å². The molecule has 1 atom stereocenters. The lowest BCUT2D eigenvalue weighted by molar-refractivity contribution is 0.0526. The summed E-state index contributed by atoms with van der Waals surface area (Å²) in [6, 6.07) is 17.3. The van der Waals surface area contributed by atoms with Gasteiger partial charge in [-0.15, -0.1) is 0 Å². The van der Waals surface area contributed by atoms with Gasteiger partial charge in [0, 0.05) is 18.0 Å². The van der Waals surface area contributed by atoms with Crippen LogP contribution in [0.15, 0.2) is 67.0 Å². The summed E-state index contributed by atoms with van der Waals surface area (Å²) >= 11 is 0. The van der Waals surface area contributed by atoms with Gasteiger partial charge in [0.2, 0.25) is 0 Å². The van der Waals surface area contributed by atoms with Crippen molar-refractivity contribution in [3.8, 4) is 5.75 Å². The Hall–Kier alpha value is -3.34. The molecule has 2 heterocycles. The molecule has 5 heteroatoms. The van der Waals surface area contributed by atoms with E-state index < -0.39 is 0 Å². The zero-order valence-electron chi connectivity index (χ0n) is 15.0. The lowest BCUT2D eigenvalue weighted by atomic mass is 9.93. The standard InChI is InChI=1S/C22H20N2O3/c1-2-26-22(25)15-9-10-20-19(12-15)21(24-17-7-5-11-23-13-17)18-8-4-3-6-16(18)14-27-20/h3-13,21,24H,2,14H2,1H3. The molecule has 27 heavy (non-hydrogen) atoms. The summed E-state index contributed by atoms with van der Waals surface area (Å²) in [5, 5.41) is 3.54. The molecule has 0 spiro atoms. The van der Waals surface area contributed by atoms with E-state index in [0.717, 1.165) is 28.1 Å². The number of fused-ring (bicyclic) bond motifs is 2. The van der Waals surface area contributed by atoms with Crippen molar-refractivity contribution in [2.75, 3.05) is 11.9 Å². The molecule has 136 valence electrons. The Morgan fingerprint density at radius 3 is 2.89 bits per heavy atom. The Balaban J connectivity index is 1.82. The number of carbonyl (C=O) groups excluding carboxylic acids is 1. The van der Waals surface area contributed by atoms with Gasteiger partial charge in [0.05, 0.1) is 23.9 Å². The van der Waals surface area contributed by atoms with Crippen LogP contribution in [0.1, 0.15) is 40.0 Å². The summed E-state index contributed by atoms with van der Waals surface area (Å²) in [5.41, 5.74) is 4.52. The minimum absolute atomic E-state index is 0.169. The molecule has 1 aliphatic heterocycles. The first-order chi connectivity index (χ1) is 13.3. The molecular weight excluding hydrogens is 340 g/mol. The fourth-order valence-corrected chi connectivity index (χ4v) is 3.29. The van der Waals surface area contributed by atoms with E-state index in [-0.39, 0.29) is 12.0 Å². The highest BCUT2D eigenvalue weighted by atomic mass is 16.5. The highest BCUT2D eigenvalue weighted by molar-refractivity contribution is 5.90. The van der Waals surface area contributed by atoms with Crippen LogP contribution in [0.2, 0.25) is 0 Å². The molecule has 4 rings (SSSR count). The third-order valence-corrected chi connectivity index (χ3v) is 4.55. The number of ether oxygens (including phenoxy) is 2. The van der Waals surface area contributed by atoms with Gasteiger partial charge in [0.1, 0.15) is 12.4 Å². The second-order valence-corrected chi connectivity index (χ2v) is 6.28. The quantitative estimate of drug-likeness (QED) is 0.701. The van der Waals surface area contributed by atoms with Crippen molar-refractivity contribution in [2.45, 2.75) is 19.6 Å². The number of carbonyl (C=O) groups is 1. The first-order valence-corrected chi connectivity index (χ1v) is 8.94. The molecule has 3 aromatic rings. The Kier molecular flexibility index (Phi) is 4.75. The predicted octanol–water partition coefficient (Wildman–Crippen LogP) is 4.35. The number of esters is 1. The van der Waals surface area contributed by atoms with Crippen LogP contribution in [0.3, 0.4) is 0 Å². The fraction of sp³-hybridized carbons (Fsp3) is 0.182. The normalized spacial score (nSPS) is 14.9. The van der Waals surface area contributed by atoms with Crippen LogP contribution in [0.25, 0.3) is 0 Å². The van der Waals surface area contributed by atoms with Crippen LogP contribution in [-0.2, 0) is 11.3 Å². The van der Waals surface area contributed by atoms with Gasteiger partial charge in [-0.2, -0.15) is 0 Å². The molecule has 1 N–H and O–H groups in total. The molecule has 0 radical (unpaired) electrons. The number of nitrogens with zero attached hydrogens (tertiary/aromatic N) is 1. The number of benzene rings is 2. The summed E-state index contributed by atoms with van der Waals surface area (Å²) in [7, 11) is 0. The molecule has 1 aromatic heterocycles. The summed E-state index contributed by atoms with van der Waals surface area (Å²) < 4.78 is 11.2. The second-order valence-electron chi connectivity index (χ2n) is 6.28. The predicted molar refractivity (Wildman–Crippen MR) is 103 cm³/mol. The number of rotatable bonds is 4. The van der Waals surface area contributed by atoms with Crippen LogP contribution in [-0.4, -0.2) is 17.6 Å². The Morgan fingerprint density at radius 1 is 1.19 bits per heavy atom. The van der Waals surface area contributed by atoms with E-state index in [4.69, 9.17) is 9.47 Å². The minimum atomic E-state index is -0.335. The molecule has 0 aliphatic carbocycles. The Labute approximate surface area is 158 Å². The largest absolute Gasteiger partial charge is 0.489 e. The molecule has 2 aromatic carbocycles. The van der Waals surface area contributed by atoms with Crippen molar-refractivity contribution >= 4 is 11.7 Å². The third kappa shape index (κ3) is 3.49. The topological polar surface area (TPSA) is 60.5 Å². The first-order valence-electron chi connectivity index (χ1n) is 8.94. The molecule has 0 fully saturated rings. The maximum Gasteiger partial charge on any atom is 0.338 e. The Bertz CT molecular complexity index is 957. The average Bonchev–Trinajstić information content (AvgIpc) is 2.86. The van der Waals surface area contributed by atoms with Gasteiger partial charge in [-0.05, 0) is 48.4 Å². The summed E-state index contributed by atoms with van der Waals surface area (Å²) in [6.45, 7) is 2.62. The van der Waals surface area contributed by atoms with Crippen molar-refractivity contribution in [2.24, 2.45) is 0 Å². The van der Waals surface area contributed by atoms with E-state index in [1.165, 1.54) is 0 Å². The maximum atomic E-state index is 12.2. The number of hydrogen-bond donors (Lipinski definition) is 1. The summed E-state index contributed by atoms with van der Waals surface area (Å²) in [5.74, 6) is 0.415. The van der Waals surface area contributed by atoms with Crippen LogP contribution in [0.4, 0.5) is 5.69 Å². The van der Waals surface area contributed by atoms with E-state index in [9.17, 15) is 4.79 Å². The van der Waals surface area contributed by atoms with Gasteiger partial charge in [-0.1, -0.05) is 24.3 Å². The van der Waals surface area contributed by atoms with E-state index in [1.54, 1.807) is 25.4 Å². The summed E-state index contributed by atoms with van der Waals surface area (Å²) in [4.78, 5) is 16.4. The fourth-order valence-electron chi connectivity index (χ4n) is 3.29. The van der Waals surface area contributed by atoms with Crippen LogP contribution in [0, 0.1) is 0 Å². The number of nitrogens with one attached hydrogen (secondary N) is 1. The van der Waals surface area contributed by atoms with Gasteiger partial charge >= 0.3 is 5.97 Å². The maximum absolute atomic E-state index is 12.2. The van der Waals surface area contributed by atoms with Crippen LogP contribution >= 0.6 is 0 Å². The minimum Gasteiger partial charge on any atom is -0.489 e. The average molecular weight is 360 g/mol. The molecule has 1 aliphatic rings. The molecule has 5 nitrogen and oxygen atoms in total. The van der Waals surface area contributed by atoms with Gasteiger partial charge in [-0.3, -0.25) is 4.98 Å². The Morgan fingerprint density at radius 2 is 2.07 bits per heavy atom. The highest BCUT2D eigenvalue weighted by Gasteiger charge is 2.26. The van der Waals surface area contributed by atoms with E-state index >= 15 is 0 Å². The van der Waals surface area contributed by atoms with E-state index in [2.05, 4.69) is 22.4 Å². The van der Waals surface area contributed by atoms with E-state index in [1.807, 2.05) is 36.4 Å². The number of pyridine rings is 1. The van der Waals surface area contributed by atoms with Crippen molar-refractivity contribution in [1.29, 1.82) is 0 Å². The van der Waals surface area contributed by atoms with Crippen molar-refractivity contribution in [1.82, 2.24) is 4.98 Å². The molecule has 0 bridgehead atoms. The first kappa shape index (κ1) is 17.1. The molecule has 1 unspecified atom stereocenters. The zero-order valence-corrected chi connectivity index (χ0v) is 15.0. The van der Waals surface area contributed by atoms with Gasteiger partial charge in [0.25, 0.3) is 0 Å². The monoisotopic (exact) mass is 360 g/mol. The third-order valence-electron chi connectivity index (χ3n) is 4.55. The van der Waals surface area contributed by atoms with Crippen LogP contribution < -0.4 is 10.1 Å². The smallest absolute Gasteiger partial charge is 0.338 e. The molecule has 0 amide bonds. The molecule has 0 saturated heterocycles. The summed E-state index contributed by atoms with van der Waals surface area (Å²) in [6.07, 6.45) is 3.52. The number of anilines is 1. The van der Waals surface area contributed by atoms with Crippen molar-refractivity contribution in [3.05, 3.63) is 89.2 Å². The second kappa shape index (κ2) is 7.50. The lowest BCUT2D eigenvalue weighted by Gasteiger charge is -2.22. The molecular formula is C22H20N2O3. The van der Waals surface area contributed by atoms with Gasteiger partial charge in [-0.25, -0.2) is 4.79 Å².